The normalized spacial score (nSPS) is 15.7. The Morgan fingerprint density at radius 1 is 0.941 bits per heavy atom. The summed E-state index contributed by atoms with van der Waals surface area (Å²) in [6.07, 6.45) is 3.27. The maximum atomic E-state index is 6.17. The van der Waals surface area contributed by atoms with Gasteiger partial charge in [-0.1, -0.05) is 48.4 Å². The summed E-state index contributed by atoms with van der Waals surface area (Å²) in [5.41, 5.74) is 11.9. The second-order valence-electron chi connectivity index (χ2n) is 9.82. The second kappa shape index (κ2) is 8.74. The Labute approximate surface area is 207 Å². The maximum Gasteiger partial charge on any atom is 0.165 e. The average Bonchev–Trinajstić information content (AvgIpc) is 3.10. The molecule has 1 aliphatic rings. The molecule has 0 amide bonds. The van der Waals surface area contributed by atoms with Crippen LogP contribution in [0.5, 0.6) is 0 Å². The molecule has 4 aromatic rings. The first-order valence-corrected chi connectivity index (χ1v) is 12.6. The third-order valence-electron chi connectivity index (χ3n) is 7.32. The van der Waals surface area contributed by atoms with Crippen LogP contribution in [-0.2, 0) is 13.0 Å². The first kappa shape index (κ1) is 22.9. The zero-order valence-corrected chi connectivity index (χ0v) is 21.8. The van der Waals surface area contributed by atoms with Crippen LogP contribution in [0.3, 0.4) is 0 Å². The number of aromatic nitrogens is 3. The van der Waals surface area contributed by atoms with E-state index in [2.05, 4.69) is 75.2 Å². The number of hydrogen-bond acceptors (Lipinski definition) is 3. The van der Waals surface area contributed by atoms with Crippen LogP contribution in [0.4, 0.5) is 5.82 Å². The van der Waals surface area contributed by atoms with Gasteiger partial charge in [0.2, 0.25) is 0 Å². The Bertz CT molecular complexity index is 1360. The van der Waals surface area contributed by atoms with E-state index in [-0.39, 0.29) is 0 Å². The van der Waals surface area contributed by atoms with Crippen LogP contribution in [0, 0.1) is 34.6 Å². The van der Waals surface area contributed by atoms with Crippen molar-refractivity contribution in [1.82, 2.24) is 14.6 Å². The highest BCUT2D eigenvalue weighted by Crippen LogP contribution is 2.40. The van der Waals surface area contributed by atoms with Crippen molar-refractivity contribution in [3.63, 3.8) is 0 Å². The number of nitrogens with zero attached hydrogens (tertiary/aromatic N) is 4. The van der Waals surface area contributed by atoms with Gasteiger partial charge in [-0.15, -0.1) is 0 Å². The van der Waals surface area contributed by atoms with E-state index in [1.807, 2.05) is 12.1 Å². The molecule has 1 aliphatic heterocycles. The summed E-state index contributed by atoms with van der Waals surface area (Å²) in [5, 5.41) is 5.89. The standard InChI is InChI=1S/C29H33ClN4/c1-7-24-12-13-25-20(5)31-28-27(26-18(3)14-17(2)15-19(26)4)21(6)32-34(28)29(25)33(24)16-22-8-10-23(30)11-9-22/h8-11,14-15,24H,7,12-13,16H2,1-6H3. The quantitative estimate of drug-likeness (QED) is 0.312. The fourth-order valence-corrected chi connectivity index (χ4v) is 5.92. The zero-order chi connectivity index (χ0) is 24.1. The molecule has 0 spiro atoms. The Hall–Kier alpha value is -2.85. The lowest BCUT2D eigenvalue weighted by Gasteiger charge is -2.39. The minimum Gasteiger partial charge on any atom is -0.349 e. The maximum absolute atomic E-state index is 6.17. The summed E-state index contributed by atoms with van der Waals surface area (Å²) in [5.74, 6) is 1.20. The van der Waals surface area contributed by atoms with Gasteiger partial charge in [0.05, 0.1) is 11.3 Å². The highest BCUT2D eigenvalue weighted by Gasteiger charge is 2.31. The number of aryl methyl sites for hydroxylation is 5. The molecule has 5 heteroatoms. The topological polar surface area (TPSA) is 33.4 Å². The fourth-order valence-electron chi connectivity index (χ4n) is 5.79. The number of hydrogen-bond donors (Lipinski definition) is 0. The third kappa shape index (κ3) is 3.78. The third-order valence-corrected chi connectivity index (χ3v) is 7.57. The van der Waals surface area contributed by atoms with Crippen molar-refractivity contribution in [3.05, 3.63) is 80.6 Å². The predicted octanol–water partition coefficient (Wildman–Crippen LogP) is 7.32. The van der Waals surface area contributed by atoms with E-state index in [4.69, 9.17) is 21.7 Å². The zero-order valence-electron chi connectivity index (χ0n) is 21.0. The van der Waals surface area contributed by atoms with Crippen LogP contribution in [-0.4, -0.2) is 20.6 Å². The van der Waals surface area contributed by atoms with Gasteiger partial charge in [-0.2, -0.15) is 9.61 Å². The average molecular weight is 473 g/mol. The van der Waals surface area contributed by atoms with Gasteiger partial charge in [-0.3, -0.25) is 0 Å². The molecule has 34 heavy (non-hydrogen) atoms. The molecule has 176 valence electrons. The summed E-state index contributed by atoms with van der Waals surface area (Å²) in [7, 11) is 0. The molecule has 2 aromatic heterocycles. The van der Waals surface area contributed by atoms with E-state index in [0.717, 1.165) is 53.4 Å². The van der Waals surface area contributed by atoms with E-state index in [1.165, 1.54) is 39.2 Å². The number of rotatable bonds is 4. The van der Waals surface area contributed by atoms with Crippen LogP contribution in [0.2, 0.25) is 5.02 Å². The summed E-state index contributed by atoms with van der Waals surface area (Å²) < 4.78 is 2.13. The van der Waals surface area contributed by atoms with Gasteiger partial charge < -0.3 is 4.90 Å². The van der Waals surface area contributed by atoms with E-state index in [9.17, 15) is 0 Å². The van der Waals surface area contributed by atoms with E-state index >= 15 is 0 Å². The Morgan fingerprint density at radius 3 is 2.26 bits per heavy atom. The highest BCUT2D eigenvalue weighted by atomic mass is 35.5. The fraction of sp³-hybridized carbons (Fsp3) is 0.379. The minimum atomic E-state index is 0.462. The number of halogens is 1. The summed E-state index contributed by atoms with van der Waals surface area (Å²) in [4.78, 5) is 7.70. The Balaban J connectivity index is 1.75. The van der Waals surface area contributed by atoms with Gasteiger partial charge in [0, 0.05) is 28.9 Å². The van der Waals surface area contributed by atoms with Crippen molar-refractivity contribution >= 4 is 23.1 Å². The van der Waals surface area contributed by atoms with Gasteiger partial charge in [-0.05, 0) is 88.3 Å². The number of fused-ring (bicyclic) bond motifs is 3. The van der Waals surface area contributed by atoms with E-state index < -0.39 is 0 Å². The molecule has 4 nitrogen and oxygen atoms in total. The largest absolute Gasteiger partial charge is 0.349 e. The van der Waals surface area contributed by atoms with E-state index in [1.54, 1.807) is 0 Å². The molecule has 0 saturated heterocycles. The van der Waals surface area contributed by atoms with Crippen molar-refractivity contribution < 1.29 is 0 Å². The van der Waals surface area contributed by atoms with Crippen LogP contribution in [0.1, 0.15) is 59.0 Å². The van der Waals surface area contributed by atoms with Crippen LogP contribution in [0.25, 0.3) is 16.8 Å². The van der Waals surface area contributed by atoms with Crippen LogP contribution < -0.4 is 4.90 Å². The molecule has 3 heterocycles. The van der Waals surface area contributed by atoms with Gasteiger partial charge in [0.1, 0.15) is 5.82 Å². The molecule has 1 unspecified atom stereocenters. The Morgan fingerprint density at radius 2 is 1.62 bits per heavy atom. The van der Waals surface area contributed by atoms with Gasteiger partial charge in [0.25, 0.3) is 0 Å². The molecule has 0 bridgehead atoms. The minimum absolute atomic E-state index is 0.462. The smallest absolute Gasteiger partial charge is 0.165 e. The summed E-state index contributed by atoms with van der Waals surface area (Å²) >= 11 is 6.17. The summed E-state index contributed by atoms with van der Waals surface area (Å²) in [6, 6.07) is 13.2. The first-order valence-electron chi connectivity index (χ1n) is 12.3. The molecule has 5 rings (SSSR count). The molecule has 0 N–H and O–H groups in total. The van der Waals surface area contributed by atoms with Crippen molar-refractivity contribution in [2.45, 2.75) is 73.4 Å². The lowest BCUT2D eigenvalue weighted by atomic mass is 9.93. The lowest BCUT2D eigenvalue weighted by Crippen LogP contribution is -2.40. The van der Waals surface area contributed by atoms with Crippen LogP contribution >= 0.6 is 11.6 Å². The summed E-state index contributed by atoms with van der Waals surface area (Å²) in [6.45, 7) is 13.9. The van der Waals surface area contributed by atoms with Crippen molar-refractivity contribution in [1.29, 1.82) is 0 Å². The van der Waals surface area contributed by atoms with Gasteiger partial charge in [0.15, 0.2) is 5.65 Å². The lowest BCUT2D eigenvalue weighted by molar-refractivity contribution is 0.496. The predicted molar refractivity (Wildman–Crippen MR) is 142 cm³/mol. The van der Waals surface area contributed by atoms with Crippen LogP contribution in [0.15, 0.2) is 36.4 Å². The SMILES string of the molecule is CCC1CCc2c(C)nc3c(-c4c(C)cc(C)cc4C)c(C)nn3c2N1Cc1ccc(Cl)cc1. The molecule has 2 aromatic carbocycles. The molecule has 1 atom stereocenters. The Kier molecular flexibility index (Phi) is 5.89. The molecule has 0 aliphatic carbocycles. The molecule has 0 radical (unpaired) electrons. The molecular weight excluding hydrogens is 440 g/mol. The molecular formula is C29H33ClN4. The van der Waals surface area contributed by atoms with Crippen molar-refractivity contribution in [2.24, 2.45) is 0 Å². The van der Waals surface area contributed by atoms with Crippen molar-refractivity contribution in [3.8, 4) is 11.1 Å². The monoisotopic (exact) mass is 472 g/mol. The highest BCUT2D eigenvalue weighted by molar-refractivity contribution is 6.30. The van der Waals surface area contributed by atoms with E-state index in [0.29, 0.717) is 6.04 Å². The second-order valence-corrected chi connectivity index (χ2v) is 10.3. The van der Waals surface area contributed by atoms with Gasteiger partial charge in [-0.25, -0.2) is 4.98 Å². The van der Waals surface area contributed by atoms with Gasteiger partial charge >= 0.3 is 0 Å². The molecule has 0 saturated carbocycles. The van der Waals surface area contributed by atoms with Crippen molar-refractivity contribution in [2.75, 3.05) is 4.90 Å². The number of benzene rings is 2. The number of anilines is 1. The first-order chi connectivity index (χ1) is 16.3. The molecule has 0 fully saturated rings.